The Balaban J connectivity index is 1.91. The first-order valence-electron chi connectivity index (χ1n) is 6.29. The second-order valence-corrected chi connectivity index (χ2v) is 4.69. The van der Waals surface area contributed by atoms with Crippen LogP contribution in [0.25, 0.3) is 10.8 Å². The molecule has 2 N–H and O–H groups in total. The molecular formula is C15H15N3O. The van der Waals surface area contributed by atoms with E-state index in [4.69, 9.17) is 0 Å². The monoisotopic (exact) mass is 253 g/mol. The van der Waals surface area contributed by atoms with Crippen LogP contribution in [0.4, 0.5) is 5.69 Å². The minimum Gasteiger partial charge on any atom is -0.322 e. The van der Waals surface area contributed by atoms with Gasteiger partial charge in [0.05, 0.1) is 0 Å². The number of benzene rings is 1. The number of amides is 1. The van der Waals surface area contributed by atoms with Gasteiger partial charge in [0.2, 0.25) is 0 Å². The van der Waals surface area contributed by atoms with Crippen LogP contribution in [0.2, 0.25) is 0 Å². The lowest BCUT2D eigenvalue weighted by molar-refractivity contribution is -0.112. The van der Waals surface area contributed by atoms with Crippen molar-refractivity contribution in [2.45, 2.75) is 6.92 Å². The Hall–Kier alpha value is -2.20. The van der Waals surface area contributed by atoms with Gasteiger partial charge < -0.3 is 10.6 Å². The molecule has 19 heavy (non-hydrogen) atoms. The first-order chi connectivity index (χ1) is 9.25. The van der Waals surface area contributed by atoms with Crippen molar-refractivity contribution in [3.05, 3.63) is 47.8 Å². The first kappa shape index (κ1) is 11.9. The molecule has 3 rings (SSSR count). The van der Waals surface area contributed by atoms with Crippen LogP contribution in [0.1, 0.15) is 6.92 Å². The maximum absolute atomic E-state index is 12.2. The molecular weight excluding hydrogens is 238 g/mol. The van der Waals surface area contributed by atoms with Crippen molar-refractivity contribution in [1.82, 2.24) is 10.3 Å². The molecule has 1 saturated heterocycles. The Morgan fingerprint density at radius 2 is 2.16 bits per heavy atom. The summed E-state index contributed by atoms with van der Waals surface area (Å²) in [5.74, 6) is -0.0270. The molecule has 1 aliphatic rings. The number of anilines is 1. The Bertz CT molecular complexity index is 665. The summed E-state index contributed by atoms with van der Waals surface area (Å²) in [6, 6.07) is 7.74. The third kappa shape index (κ3) is 2.22. The molecule has 1 aromatic carbocycles. The van der Waals surface area contributed by atoms with E-state index in [2.05, 4.69) is 15.6 Å². The molecule has 1 fully saturated rings. The quantitative estimate of drug-likeness (QED) is 0.806. The summed E-state index contributed by atoms with van der Waals surface area (Å²) >= 11 is 0. The van der Waals surface area contributed by atoms with Gasteiger partial charge in [-0.1, -0.05) is 12.1 Å². The highest BCUT2D eigenvalue weighted by molar-refractivity contribution is 6.08. The van der Waals surface area contributed by atoms with Crippen LogP contribution >= 0.6 is 0 Å². The van der Waals surface area contributed by atoms with Crippen LogP contribution < -0.4 is 10.6 Å². The zero-order valence-corrected chi connectivity index (χ0v) is 10.7. The summed E-state index contributed by atoms with van der Waals surface area (Å²) in [6.07, 6.45) is 3.53. The fourth-order valence-corrected chi connectivity index (χ4v) is 2.12. The van der Waals surface area contributed by atoms with E-state index < -0.39 is 0 Å². The van der Waals surface area contributed by atoms with Gasteiger partial charge in [-0.25, -0.2) is 0 Å². The molecule has 1 aromatic heterocycles. The van der Waals surface area contributed by atoms with Crippen LogP contribution in [0.3, 0.4) is 0 Å². The van der Waals surface area contributed by atoms with E-state index in [1.807, 2.05) is 31.2 Å². The largest absolute Gasteiger partial charge is 0.322 e. The number of rotatable bonds is 2. The third-order valence-corrected chi connectivity index (χ3v) is 3.48. The molecule has 4 nitrogen and oxygen atoms in total. The van der Waals surface area contributed by atoms with Crippen molar-refractivity contribution in [2.75, 3.05) is 18.4 Å². The fourth-order valence-electron chi connectivity index (χ4n) is 2.12. The highest BCUT2D eigenvalue weighted by Crippen LogP contribution is 2.23. The number of aromatic nitrogens is 1. The van der Waals surface area contributed by atoms with E-state index in [-0.39, 0.29) is 5.91 Å². The number of carbonyl (C=O) groups is 1. The molecule has 0 unspecified atom stereocenters. The topological polar surface area (TPSA) is 54.0 Å². The molecule has 1 aliphatic heterocycles. The van der Waals surface area contributed by atoms with Gasteiger partial charge in [0.1, 0.15) is 0 Å². The number of carbonyl (C=O) groups excluding carboxylic acids is 1. The van der Waals surface area contributed by atoms with E-state index in [0.29, 0.717) is 0 Å². The SMILES string of the molecule is CC(C(=O)Nc1cccc2cnccc12)=C1CNC1. The first-order valence-corrected chi connectivity index (χ1v) is 6.29. The average molecular weight is 253 g/mol. The van der Waals surface area contributed by atoms with E-state index >= 15 is 0 Å². The highest BCUT2D eigenvalue weighted by Gasteiger charge is 2.16. The predicted octanol–water partition coefficient (Wildman–Crippen LogP) is 2.09. The summed E-state index contributed by atoms with van der Waals surface area (Å²) in [5.41, 5.74) is 2.82. The van der Waals surface area contributed by atoms with Gasteiger partial charge in [-0.3, -0.25) is 9.78 Å². The van der Waals surface area contributed by atoms with Crippen LogP contribution in [-0.2, 0) is 4.79 Å². The molecule has 0 saturated carbocycles. The van der Waals surface area contributed by atoms with E-state index in [1.165, 1.54) is 5.57 Å². The van der Waals surface area contributed by atoms with Crippen molar-refractivity contribution >= 4 is 22.4 Å². The maximum atomic E-state index is 12.2. The predicted molar refractivity (Wildman–Crippen MR) is 75.9 cm³/mol. The van der Waals surface area contributed by atoms with Gasteiger partial charge in [-0.15, -0.1) is 0 Å². The number of hydrogen-bond donors (Lipinski definition) is 2. The van der Waals surface area contributed by atoms with Crippen molar-refractivity contribution in [2.24, 2.45) is 0 Å². The van der Waals surface area contributed by atoms with Gasteiger partial charge in [0, 0.05) is 47.5 Å². The van der Waals surface area contributed by atoms with Gasteiger partial charge in [-0.2, -0.15) is 0 Å². The molecule has 0 spiro atoms. The van der Waals surface area contributed by atoms with Gasteiger partial charge >= 0.3 is 0 Å². The summed E-state index contributed by atoms with van der Waals surface area (Å²) in [7, 11) is 0. The van der Waals surface area contributed by atoms with Crippen LogP contribution in [0.5, 0.6) is 0 Å². The Morgan fingerprint density at radius 1 is 1.32 bits per heavy atom. The van der Waals surface area contributed by atoms with Gasteiger partial charge in [0.25, 0.3) is 5.91 Å². The highest BCUT2D eigenvalue weighted by atomic mass is 16.1. The minimum absolute atomic E-state index is 0.0270. The van der Waals surface area contributed by atoms with Crippen molar-refractivity contribution in [3.63, 3.8) is 0 Å². The van der Waals surface area contributed by atoms with Crippen molar-refractivity contribution in [1.29, 1.82) is 0 Å². The summed E-state index contributed by atoms with van der Waals surface area (Å²) < 4.78 is 0. The number of fused-ring (bicyclic) bond motifs is 1. The van der Waals surface area contributed by atoms with Crippen LogP contribution in [-0.4, -0.2) is 24.0 Å². The lowest BCUT2D eigenvalue weighted by Crippen LogP contribution is -2.36. The summed E-state index contributed by atoms with van der Waals surface area (Å²) in [5, 5.41) is 8.16. The smallest absolute Gasteiger partial charge is 0.251 e. The Kier molecular flexibility index (Phi) is 3.01. The number of nitrogens with zero attached hydrogens (tertiary/aromatic N) is 1. The van der Waals surface area contributed by atoms with E-state index in [9.17, 15) is 4.79 Å². The molecule has 0 bridgehead atoms. The van der Waals surface area contributed by atoms with Crippen molar-refractivity contribution in [3.8, 4) is 0 Å². The van der Waals surface area contributed by atoms with Crippen LogP contribution in [0, 0.1) is 0 Å². The fraction of sp³-hybridized carbons (Fsp3) is 0.200. The molecule has 1 amide bonds. The zero-order chi connectivity index (χ0) is 13.2. The summed E-state index contributed by atoms with van der Waals surface area (Å²) in [4.78, 5) is 16.3. The second kappa shape index (κ2) is 4.82. The second-order valence-electron chi connectivity index (χ2n) is 4.69. The molecule has 2 heterocycles. The normalized spacial score (nSPS) is 14.1. The summed E-state index contributed by atoms with van der Waals surface area (Å²) in [6.45, 7) is 3.51. The van der Waals surface area contributed by atoms with Crippen molar-refractivity contribution < 1.29 is 4.79 Å². The molecule has 0 radical (unpaired) electrons. The van der Waals surface area contributed by atoms with E-state index in [1.54, 1.807) is 12.4 Å². The minimum atomic E-state index is -0.0270. The molecule has 2 aromatic rings. The number of pyridine rings is 1. The number of nitrogens with one attached hydrogen (secondary N) is 2. The lowest BCUT2D eigenvalue weighted by atomic mass is 10.0. The zero-order valence-electron chi connectivity index (χ0n) is 10.7. The molecule has 0 aliphatic carbocycles. The molecule has 0 atom stereocenters. The molecule has 96 valence electrons. The Labute approximate surface area is 111 Å². The van der Waals surface area contributed by atoms with Gasteiger partial charge in [0.15, 0.2) is 0 Å². The van der Waals surface area contributed by atoms with Gasteiger partial charge in [-0.05, 0) is 24.6 Å². The third-order valence-electron chi connectivity index (χ3n) is 3.48. The van der Waals surface area contributed by atoms with E-state index in [0.717, 1.165) is 35.1 Å². The maximum Gasteiger partial charge on any atom is 0.251 e. The standard InChI is InChI=1S/C15H15N3O/c1-10(12-8-17-9-12)15(19)18-14-4-2-3-11-7-16-6-5-13(11)14/h2-7,17H,8-9H2,1H3,(H,18,19). The Morgan fingerprint density at radius 3 is 2.89 bits per heavy atom. The average Bonchev–Trinajstić information content (AvgIpc) is 2.37. The van der Waals surface area contributed by atoms with Crippen LogP contribution in [0.15, 0.2) is 47.8 Å². The number of hydrogen-bond acceptors (Lipinski definition) is 3. The lowest BCUT2D eigenvalue weighted by Gasteiger charge is -2.21. The molecule has 4 heteroatoms.